The number of hydroxylamine groups is 1. The summed E-state index contributed by atoms with van der Waals surface area (Å²) in [7, 11) is 0. The number of imide groups is 1. The number of rotatable bonds is 5. The highest BCUT2D eigenvalue weighted by molar-refractivity contribution is 7.15. The minimum Gasteiger partial charge on any atom is -0.273 e. The fourth-order valence-corrected chi connectivity index (χ4v) is 6.03. The number of carbonyl (C=O) groups is 2. The third-order valence-corrected chi connectivity index (χ3v) is 7.95. The number of anilines is 2. The lowest BCUT2D eigenvalue weighted by Gasteiger charge is -2.27. The van der Waals surface area contributed by atoms with Gasteiger partial charge in [-0.15, -0.1) is 11.3 Å². The number of nitro benzene ring substituents is 1. The highest BCUT2D eigenvalue weighted by Crippen LogP contribution is 2.49. The number of hydrogen-bond acceptors (Lipinski definition) is 7. The van der Waals surface area contributed by atoms with Crippen molar-refractivity contribution in [1.82, 2.24) is 0 Å². The molecule has 6 rings (SSSR count). The highest BCUT2D eigenvalue weighted by Gasteiger charge is 2.60. The number of nitrogens with zero attached hydrogens (tertiary/aromatic N) is 3. The summed E-state index contributed by atoms with van der Waals surface area (Å²) in [6, 6.07) is 25.5. The molecule has 3 atom stereocenters. The summed E-state index contributed by atoms with van der Waals surface area (Å²) in [4.78, 5) is 46.8. The SMILES string of the molecule is O=C1[C@H]2[C@@H](ON(c3ccccc3)[C@H]2c2ccc(-c3ccc([N+](=O)[O-])cc3)s2)C(=O)N1c1ccc(Cl)cc1. The fourth-order valence-electron chi connectivity index (χ4n) is 4.76. The zero-order valence-corrected chi connectivity index (χ0v) is 20.6. The molecule has 0 radical (unpaired) electrons. The van der Waals surface area contributed by atoms with Gasteiger partial charge in [-0.3, -0.25) is 24.5 Å². The van der Waals surface area contributed by atoms with Gasteiger partial charge in [0.15, 0.2) is 6.10 Å². The molecule has 2 saturated heterocycles. The zero-order valence-electron chi connectivity index (χ0n) is 19.1. The van der Waals surface area contributed by atoms with Crippen molar-refractivity contribution in [3.05, 3.63) is 111 Å². The third kappa shape index (κ3) is 3.97. The number of benzene rings is 3. The standard InChI is InChI=1S/C27H18ClN3O5S/c28-17-8-12-18(13-9-17)29-26(32)23-24(30(36-25(23)27(29)33)19-4-2-1-3-5-19)22-15-14-21(37-22)16-6-10-20(11-7-16)31(34)35/h1-15,23-25H/t23-,24+,25-/m1/s1. The van der Waals surface area contributed by atoms with Gasteiger partial charge in [0.1, 0.15) is 12.0 Å². The number of amides is 2. The van der Waals surface area contributed by atoms with Crippen LogP contribution < -0.4 is 9.96 Å². The predicted molar refractivity (Wildman–Crippen MR) is 140 cm³/mol. The molecule has 184 valence electrons. The largest absolute Gasteiger partial charge is 0.273 e. The molecular formula is C27H18ClN3O5S. The molecule has 3 heterocycles. The second-order valence-electron chi connectivity index (χ2n) is 8.65. The number of fused-ring (bicyclic) bond motifs is 1. The molecule has 4 aromatic rings. The van der Waals surface area contributed by atoms with Gasteiger partial charge >= 0.3 is 0 Å². The molecule has 2 aliphatic heterocycles. The average Bonchev–Trinajstić information content (AvgIpc) is 3.61. The first-order chi connectivity index (χ1) is 17.9. The highest BCUT2D eigenvalue weighted by atomic mass is 35.5. The van der Waals surface area contributed by atoms with Crippen LogP contribution in [0.5, 0.6) is 0 Å². The van der Waals surface area contributed by atoms with Crippen LogP contribution in [-0.4, -0.2) is 22.8 Å². The van der Waals surface area contributed by atoms with Gasteiger partial charge in [0.25, 0.3) is 11.6 Å². The van der Waals surface area contributed by atoms with Gasteiger partial charge in [-0.2, -0.15) is 0 Å². The van der Waals surface area contributed by atoms with Gasteiger partial charge in [-0.1, -0.05) is 29.8 Å². The van der Waals surface area contributed by atoms with Crippen molar-refractivity contribution in [2.75, 3.05) is 9.96 Å². The number of non-ortho nitro benzene ring substituents is 1. The summed E-state index contributed by atoms with van der Waals surface area (Å²) in [5.41, 5.74) is 2.01. The molecule has 2 amide bonds. The van der Waals surface area contributed by atoms with E-state index >= 15 is 0 Å². The second-order valence-corrected chi connectivity index (χ2v) is 10.2. The lowest BCUT2D eigenvalue weighted by molar-refractivity contribution is -0.384. The smallest absolute Gasteiger partial charge is 0.269 e. The molecule has 0 aliphatic carbocycles. The monoisotopic (exact) mass is 531 g/mol. The minimum atomic E-state index is -0.974. The summed E-state index contributed by atoms with van der Waals surface area (Å²) in [6.07, 6.45) is -0.974. The molecule has 0 N–H and O–H groups in total. The Kier molecular flexibility index (Phi) is 5.75. The maximum absolute atomic E-state index is 13.7. The number of carbonyl (C=O) groups excluding carboxylic acids is 2. The lowest BCUT2D eigenvalue weighted by Crippen LogP contribution is -2.37. The third-order valence-electron chi connectivity index (χ3n) is 6.49. The van der Waals surface area contributed by atoms with Gasteiger partial charge < -0.3 is 0 Å². The van der Waals surface area contributed by atoms with E-state index in [0.29, 0.717) is 10.7 Å². The zero-order chi connectivity index (χ0) is 25.7. The Hall–Kier alpha value is -4.05. The molecule has 0 unspecified atom stereocenters. The Morgan fingerprint density at radius 3 is 2.22 bits per heavy atom. The Labute approximate surface area is 220 Å². The van der Waals surface area contributed by atoms with E-state index < -0.39 is 28.9 Å². The van der Waals surface area contributed by atoms with Crippen LogP contribution in [0, 0.1) is 16.0 Å². The van der Waals surface area contributed by atoms with Gasteiger partial charge in [-0.05, 0) is 66.2 Å². The molecule has 0 bridgehead atoms. The van der Waals surface area contributed by atoms with Crippen molar-refractivity contribution >= 4 is 51.8 Å². The first kappa shape index (κ1) is 23.4. The van der Waals surface area contributed by atoms with Crippen LogP contribution in [0.4, 0.5) is 17.1 Å². The molecule has 2 fully saturated rings. The Bertz CT molecular complexity index is 1510. The Morgan fingerprint density at radius 1 is 0.838 bits per heavy atom. The molecule has 8 nitrogen and oxygen atoms in total. The van der Waals surface area contributed by atoms with Crippen molar-refractivity contribution in [2.24, 2.45) is 5.92 Å². The van der Waals surface area contributed by atoms with Crippen LogP contribution in [0.2, 0.25) is 5.02 Å². The summed E-state index contributed by atoms with van der Waals surface area (Å²) in [5.74, 6) is -1.52. The van der Waals surface area contributed by atoms with E-state index in [0.717, 1.165) is 21.0 Å². The number of halogens is 1. The van der Waals surface area contributed by atoms with Crippen LogP contribution in [0.15, 0.2) is 91.0 Å². The van der Waals surface area contributed by atoms with Gasteiger partial charge in [-0.25, -0.2) is 9.96 Å². The number of thiophene rings is 1. The molecule has 3 aromatic carbocycles. The Morgan fingerprint density at radius 2 is 1.54 bits per heavy atom. The topological polar surface area (TPSA) is 93.0 Å². The molecule has 1 aromatic heterocycles. The van der Waals surface area contributed by atoms with Crippen molar-refractivity contribution in [3.8, 4) is 10.4 Å². The van der Waals surface area contributed by atoms with E-state index in [-0.39, 0.29) is 11.6 Å². The minimum absolute atomic E-state index is 0.0140. The predicted octanol–water partition coefficient (Wildman–Crippen LogP) is 6.03. The molecule has 37 heavy (non-hydrogen) atoms. The first-order valence-electron chi connectivity index (χ1n) is 11.4. The van der Waals surface area contributed by atoms with Crippen LogP contribution in [0.3, 0.4) is 0 Å². The quantitative estimate of drug-likeness (QED) is 0.177. The van der Waals surface area contributed by atoms with Gasteiger partial charge in [0, 0.05) is 26.9 Å². The van der Waals surface area contributed by atoms with Crippen molar-refractivity contribution in [1.29, 1.82) is 0 Å². The van der Waals surface area contributed by atoms with Gasteiger partial charge in [0.05, 0.1) is 16.3 Å². The second kappa shape index (κ2) is 9.11. The van der Waals surface area contributed by atoms with E-state index in [9.17, 15) is 19.7 Å². The van der Waals surface area contributed by atoms with Crippen LogP contribution in [0.25, 0.3) is 10.4 Å². The van der Waals surface area contributed by atoms with E-state index in [1.165, 1.54) is 28.4 Å². The van der Waals surface area contributed by atoms with E-state index in [2.05, 4.69) is 0 Å². The van der Waals surface area contributed by atoms with Crippen molar-refractivity contribution < 1.29 is 19.3 Å². The normalized spacial score (nSPS) is 20.9. The molecule has 0 spiro atoms. The van der Waals surface area contributed by atoms with Crippen LogP contribution >= 0.6 is 22.9 Å². The maximum Gasteiger partial charge on any atom is 0.269 e. The van der Waals surface area contributed by atoms with Crippen molar-refractivity contribution in [3.63, 3.8) is 0 Å². The van der Waals surface area contributed by atoms with Crippen LogP contribution in [-0.2, 0) is 14.4 Å². The molecule has 10 heteroatoms. The number of hydrogen-bond donors (Lipinski definition) is 0. The molecule has 2 aliphatic rings. The summed E-state index contributed by atoms with van der Waals surface area (Å²) >= 11 is 7.46. The molecule has 0 saturated carbocycles. The first-order valence-corrected chi connectivity index (χ1v) is 12.6. The summed E-state index contributed by atoms with van der Waals surface area (Å²) in [6.45, 7) is 0. The van der Waals surface area contributed by atoms with Crippen molar-refractivity contribution in [2.45, 2.75) is 12.1 Å². The number of para-hydroxylation sites is 1. The molecular weight excluding hydrogens is 514 g/mol. The lowest BCUT2D eigenvalue weighted by atomic mass is 9.95. The summed E-state index contributed by atoms with van der Waals surface area (Å²) in [5, 5.41) is 13.2. The van der Waals surface area contributed by atoms with Crippen LogP contribution in [0.1, 0.15) is 10.9 Å². The Balaban J connectivity index is 1.39. The number of nitro groups is 1. The van der Waals surface area contributed by atoms with Gasteiger partial charge in [0.2, 0.25) is 5.91 Å². The van der Waals surface area contributed by atoms with E-state index in [4.69, 9.17) is 16.4 Å². The summed E-state index contributed by atoms with van der Waals surface area (Å²) < 4.78 is 0. The fraction of sp³-hybridized carbons (Fsp3) is 0.111. The maximum atomic E-state index is 13.7. The van der Waals surface area contributed by atoms with E-state index in [1.54, 1.807) is 41.5 Å². The average molecular weight is 532 g/mol. The van der Waals surface area contributed by atoms with E-state index in [1.807, 2.05) is 42.5 Å².